The second kappa shape index (κ2) is 6.62. The van der Waals surface area contributed by atoms with Crippen molar-refractivity contribution in [2.75, 3.05) is 7.11 Å². The van der Waals surface area contributed by atoms with E-state index in [1.807, 2.05) is 56.3 Å². The molecule has 22 heavy (non-hydrogen) atoms. The second-order valence-electron chi connectivity index (χ2n) is 5.44. The minimum Gasteiger partial charge on any atom is -0.507 e. The van der Waals surface area contributed by atoms with Gasteiger partial charge >= 0.3 is 5.97 Å². The Hall–Kier alpha value is -2.33. The zero-order valence-electron chi connectivity index (χ0n) is 13.0. The second-order valence-corrected chi connectivity index (χ2v) is 5.44. The van der Waals surface area contributed by atoms with Crippen LogP contribution in [0.4, 0.5) is 0 Å². The van der Waals surface area contributed by atoms with Crippen LogP contribution < -0.4 is 5.73 Å². The molecule has 0 saturated carbocycles. The largest absolute Gasteiger partial charge is 0.507 e. The van der Waals surface area contributed by atoms with E-state index in [1.54, 1.807) is 0 Å². The first-order valence-electron chi connectivity index (χ1n) is 7.14. The van der Waals surface area contributed by atoms with Crippen molar-refractivity contribution in [2.24, 2.45) is 5.73 Å². The average molecular weight is 299 g/mol. The number of carbonyl (C=O) groups is 1. The maximum atomic E-state index is 11.9. The number of methoxy groups -OCH3 is 1. The minimum atomic E-state index is -0.809. The third-order valence-electron chi connectivity index (χ3n) is 3.86. The van der Waals surface area contributed by atoms with Gasteiger partial charge in [0.1, 0.15) is 11.8 Å². The highest BCUT2D eigenvalue weighted by Gasteiger charge is 2.29. The molecule has 0 aliphatic rings. The van der Waals surface area contributed by atoms with Crippen LogP contribution in [0.2, 0.25) is 0 Å². The molecule has 2 rings (SSSR count). The van der Waals surface area contributed by atoms with E-state index in [1.165, 1.54) is 7.11 Å². The van der Waals surface area contributed by atoms with Crippen LogP contribution in [0, 0.1) is 13.8 Å². The summed E-state index contributed by atoms with van der Waals surface area (Å²) in [6, 6.07) is 12.5. The number of carbonyl (C=O) groups excluding carboxylic acids is 1. The summed E-state index contributed by atoms with van der Waals surface area (Å²) >= 11 is 0. The van der Waals surface area contributed by atoms with Gasteiger partial charge < -0.3 is 15.6 Å². The summed E-state index contributed by atoms with van der Waals surface area (Å²) in [5, 5.41) is 9.95. The van der Waals surface area contributed by atoms with E-state index < -0.39 is 12.0 Å². The van der Waals surface area contributed by atoms with Crippen molar-refractivity contribution >= 4 is 5.97 Å². The van der Waals surface area contributed by atoms with Gasteiger partial charge in [-0.15, -0.1) is 0 Å². The van der Waals surface area contributed by atoms with E-state index in [4.69, 9.17) is 10.5 Å². The van der Waals surface area contributed by atoms with Crippen LogP contribution in [0.15, 0.2) is 42.5 Å². The zero-order valence-corrected chi connectivity index (χ0v) is 13.0. The molecule has 0 saturated heterocycles. The smallest absolute Gasteiger partial charge is 0.323 e. The molecule has 4 nitrogen and oxygen atoms in total. The van der Waals surface area contributed by atoms with Crippen molar-refractivity contribution in [2.45, 2.75) is 25.8 Å². The summed E-state index contributed by atoms with van der Waals surface area (Å²) in [6.45, 7) is 3.66. The summed E-state index contributed by atoms with van der Waals surface area (Å²) in [5.41, 5.74) is 9.47. The van der Waals surface area contributed by atoms with Gasteiger partial charge in [0.2, 0.25) is 0 Å². The maximum Gasteiger partial charge on any atom is 0.323 e. The topological polar surface area (TPSA) is 72.5 Å². The predicted molar refractivity (Wildman–Crippen MR) is 85.9 cm³/mol. The third-order valence-corrected chi connectivity index (χ3v) is 3.86. The number of aryl methyl sites for hydroxylation is 2. The molecule has 0 aliphatic heterocycles. The number of ether oxygens (including phenoxy) is 1. The molecule has 0 unspecified atom stereocenters. The quantitative estimate of drug-likeness (QED) is 0.851. The van der Waals surface area contributed by atoms with Crippen molar-refractivity contribution in [3.63, 3.8) is 0 Å². The van der Waals surface area contributed by atoms with Gasteiger partial charge in [-0.3, -0.25) is 4.79 Å². The lowest BCUT2D eigenvalue weighted by atomic mass is 9.84. The normalized spacial score (nSPS) is 13.5. The molecule has 116 valence electrons. The highest BCUT2D eigenvalue weighted by atomic mass is 16.5. The van der Waals surface area contributed by atoms with E-state index in [-0.39, 0.29) is 11.7 Å². The highest BCUT2D eigenvalue weighted by Crippen LogP contribution is 2.32. The standard InChI is InChI=1S/C18H21NO3/c1-11-9-14(10-12(2)17(11)20)15(16(19)18(21)22-3)13-7-5-4-6-8-13/h4-10,15-16,20H,19H2,1-3H3/t15-,16-/m0/s1. The van der Waals surface area contributed by atoms with Crippen LogP contribution in [-0.4, -0.2) is 24.2 Å². The lowest BCUT2D eigenvalue weighted by molar-refractivity contribution is -0.142. The van der Waals surface area contributed by atoms with Gasteiger partial charge in [-0.25, -0.2) is 0 Å². The molecular formula is C18H21NO3. The number of phenols is 1. The molecule has 0 aromatic heterocycles. The Kier molecular flexibility index (Phi) is 4.83. The molecular weight excluding hydrogens is 278 g/mol. The Morgan fingerprint density at radius 2 is 1.64 bits per heavy atom. The van der Waals surface area contributed by atoms with Crippen molar-refractivity contribution in [3.05, 3.63) is 64.7 Å². The Balaban J connectivity index is 2.56. The molecule has 0 aliphatic carbocycles. The average Bonchev–Trinajstić information content (AvgIpc) is 2.52. The van der Waals surface area contributed by atoms with Crippen LogP contribution in [-0.2, 0) is 9.53 Å². The van der Waals surface area contributed by atoms with Crippen LogP contribution in [0.5, 0.6) is 5.75 Å². The lowest BCUT2D eigenvalue weighted by Crippen LogP contribution is -2.38. The van der Waals surface area contributed by atoms with Gasteiger partial charge in [-0.05, 0) is 36.1 Å². The Labute approximate surface area is 130 Å². The molecule has 2 aromatic carbocycles. The Morgan fingerprint density at radius 3 is 2.14 bits per heavy atom. The number of benzene rings is 2. The van der Waals surface area contributed by atoms with E-state index >= 15 is 0 Å². The molecule has 3 N–H and O–H groups in total. The molecule has 4 heteroatoms. The first kappa shape index (κ1) is 16.0. The van der Waals surface area contributed by atoms with Gasteiger partial charge in [0.05, 0.1) is 7.11 Å². The van der Waals surface area contributed by atoms with Gasteiger partial charge in [0.25, 0.3) is 0 Å². The molecule has 0 spiro atoms. The molecule has 0 amide bonds. The predicted octanol–water partition coefficient (Wildman–Crippen LogP) is 2.64. The van der Waals surface area contributed by atoms with Gasteiger partial charge in [-0.1, -0.05) is 42.5 Å². The molecule has 0 heterocycles. The van der Waals surface area contributed by atoms with Crippen LogP contribution in [0.1, 0.15) is 28.2 Å². The molecule has 2 aromatic rings. The molecule has 0 bridgehead atoms. The van der Waals surface area contributed by atoms with Crippen molar-refractivity contribution in [3.8, 4) is 5.75 Å². The zero-order chi connectivity index (χ0) is 16.3. The fourth-order valence-electron chi connectivity index (χ4n) is 2.71. The number of aromatic hydroxyl groups is 1. The van der Waals surface area contributed by atoms with Crippen LogP contribution in [0.3, 0.4) is 0 Å². The van der Waals surface area contributed by atoms with Gasteiger partial charge in [-0.2, -0.15) is 0 Å². The number of esters is 1. The van der Waals surface area contributed by atoms with Crippen LogP contribution >= 0.6 is 0 Å². The Bertz CT molecular complexity index is 644. The first-order chi connectivity index (χ1) is 10.5. The summed E-state index contributed by atoms with van der Waals surface area (Å²) in [5.74, 6) is -0.522. The fraction of sp³-hybridized carbons (Fsp3) is 0.278. The fourth-order valence-corrected chi connectivity index (χ4v) is 2.71. The molecule has 0 fully saturated rings. The van der Waals surface area contributed by atoms with E-state index in [9.17, 15) is 9.90 Å². The van der Waals surface area contributed by atoms with Crippen LogP contribution in [0.25, 0.3) is 0 Å². The number of rotatable bonds is 4. The summed E-state index contributed by atoms with van der Waals surface area (Å²) in [6.07, 6.45) is 0. The third kappa shape index (κ3) is 3.12. The van der Waals surface area contributed by atoms with Gasteiger partial charge in [0.15, 0.2) is 0 Å². The summed E-state index contributed by atoms with van der Waals surface area (Å²) in [7, 11) is 1.33. The van der Waals surface area contributed by atoms with E-state index in [0.29, 0.717) is 0 Å². The minimum absolute atomic E-state index is 0.266. The number of hydrogen-bond acceptors (Lipinski definition) is 4. The van der Waals surface area contributed by atoms with E-state index in [0.717, 1.165) is 22.3 Å². The molecule has 2 atom stereocenters. The van der Waals surface area contributed by atoms with Crippen molar-refractivity contribution < 1.29 is 14.6 Å². The number of nitrogens with two attached hydrogens (primary N) is 1. The Morgan fingerprint density at radius 1 is 1.09 bits per heavy atom. The van der Waals surface area contributed by atoms with Crippen molar-refractivity contribution in [1.82, 2.24) is 0 Å². The number of phenolic OH excluding ortho intramolecular Hbond substituents is 1. The van der Waals surface area contributed by atoms with E-state index in [2.05, 4.69) is 0 Å². The lowest BCUT2D eigenvalue weighted by Gasteiger charge is -2.24. The highest BCUT2D eigenvalue weighted by molar-refractivity contribution is 5.77. The summed E-state index contributed by atoms with van der Waals surface area (Å²) in [4.78, 5) is 11.9. The monoisotopic (exact) mass is 299 g/mol. The first-order valence-corrected chi connectivity index (χ1v) is 7.14. The van der Waals surface area contributed by atoms with Gasteiger partial charge in [0, 0.05) is 5.92 Å². The molecule has 0 radical (unpaired) electrons. The summed E-state index contributed by atoms with van der Waals surface area (Å²) < 4.78 is 4.81. The SMILES string of the molecule is COC(=O)[C@@H](N)[C@@H](c1ccccc1)c1cc(C)c(O)c(C)c1. The maximum absolute atomic E-state index is 11.9. The number of hydrogen-bond donors (Lipinski definition) is 2. The van der Waals surface area contributed by atoms with Crippen molar-refractivity contribution in [1.29, 1.82) is 0 Å².